The first-order chi connectivity index (χ1) is 25.7. The van der Waals surface area contributed by atoms with Gasteiger partial charge in [0.15, 0.2) is 0 Å². The number of imidazole rings is 2. The van der Waals surface area contributed by atoms with E-state index in [1.165, 1.54) is 14.2 Å². The second-order valence-electron chi connectivity index (χ2n) is 13.0. The van der Waals surface area contributed by atoms with Gasteiger partial charge in [0, 0.05) is 30.6 Å². The van der Waals surface area contributed by atoms with E-state index in [9.17, 15) is 19.2 Å². The lowest BCUT2D eigenvalue weighted by molar-refractivity contribution is -0.136. The van der Waals surface area contributed by atoms with Gasteiger partial charge in [0.25, 0.3) is 0 Å². The van der Waals surface area contributed by atoms with Crippen LogP contribution in [0.1, 0.15) is 81.2 Å². The van der Waals surface area contributed by atoms with Crippen molar-refractivity contribution in [1.29, 1.82) is 0 Å². The van der Waals surface area contributed by atoms with Crippen molar-refractivity contribution in [3.05, 3.63) is 71.4 Å². The number of ether oxygens (including phenoxy) is 2. The average Bonchev–Trinajstić information content (AvgIpc) is 3.96. The maximum atomic E-state index is 13.8. The Hall–Kier alpha value is -5.84. The molecule has 1 aliphatic rings. The van der Waals surface area contributed by atoms with Crippen LogP contribution in [0.4, 0.5) is 9.59 Å². The minimum Gasteiger partial charge on any atom is -0.453 e. The molecule has 0 bridgehead atoms. The van der Waals surface area contributed by atoms with Crippen molar-refractivity contribution >= 4 is 35.0 Å². The number of alkyl carbamates (subject to hydrolysis) is 2. The van der Waals surface area contributed by atoms with Gasteiger partial charge in [-0.15, -0.1) is 0 Å². The van der Waals surface area contributed by atoms with Gasteiger partial charge < -0.3 is 40.3 Å². The number of aromatic nitrogens is 4. The number of H-pyrrole nitrogens is 2. The molecule has 53 heavy (non-hydrogen) atoms. The smallest absolute Gasteiger partial charge is 0.407 e. The van der Waals surface area contributed by atoms with Crippen LogP contribution in [0.3, 0.4) is 0 Å². The van der Waals surface area contributed by atoms with Crippen LogP contribution in [0, 0.1) is 17.8 Å². The van der Waals surface area contributed by atoms with Crippen LogP contribution in [-0.2, 0) is 25.5 Å². The highest BCUT2D eigenvalue weighted by molar-refractivity contribution is 5.86. The molecule has 2 aromatic heterocycles. The lowest BCUT2D eigenvalue weighted by atomic mass is 9.93. The summed E-state index contributed by atoms with van der Waals surface area (Å²) >= 11 is 0. The third-order valence-corrected chi connectivity index (χ3v) is 9.51. The summed E-state index contributed by atoms with van der Waals surface area (Å²) in [6.07, 6.45) is 6.05. The Kier molecular flexibility index (Phi) is 13.5. The van der Waals surface area contributed by atoms with Gasteiger partial charge in [-0.2, -0.15) is 0 Å². The van der Waals surface area contributed by atoms with E-state index in [2.05, 4.69) is 52.5 Å². The number of fused-ring (bicyclic) bond motifs is 1. The van der Waals surface area contributed by atoms with E-state index in [4.69, 9.17) is 4.74 Å². The van der Waals surface area contributed by atoms with E-state index < -0.39 is 18.2 Å². The molecule has 3 heterocycles. The Morgan fingerprint density at radius 3 is 2.42 bits per heavy atom. The molecule has 280 valence electrons. The molecule has 2 aromatic carbocycles. The first-order valence-corrected chi connectivity index (χ1v) is 18.1. The monoisotopic (exact) mass is 724 g/mol. The van der Waals surface area contributed by atoms with Crippen LogP contribution in [0.25, 0.3) is 22.3 Å². The molecule has 2 unspecified atom stereocenters. The van der Waals surface area contributed by atoms with Crippen LogP contribution in [-0.4, -0.2) is 88.7 Å². The number of benzene rings is 2. The van der Waals surface area contributed by atoms with Crippen molar-refractivity contribution in [2.45, 2.75) is 70.9 Å². The molecule has 1 saturated heterocycles. The lowest BCUT2D eigenvalue weighted by Gasteiger charge is -2.31. The number of amides is 4. The zero-order valence-electron chi connectivity index (χ0n) is 30.7. The Balaban J connectivity index is 1.16. The number of carbonyl (C=O) groups is 4. The molecule has 5 N–H and O–H groups in total. The fraction of sp³-hybridized carbons (Fsp3) is 0.436. The number of rotatable bonds is 14. The molecule has 1 aliphatic heterocycles. The predicted molar refractivity (Wildman–Crippen MR) is 200 cm³/mol. The number of hydrogen-bond acceptors (Lipinski definition) is 8. The number of aromatic amines is 2. The molecule has 14 heteroatoms. The molecule has 2 atom stereocenters. The quantitative estimate of drug-likeness (QED) is 0.0892. The molecule has 1 fully saturated rings. The van der Waals surface area contributed by atoms with Gasteiger partial charge in [-0.3, -0.25) is 9.59 Å². The van der Waals surface area contributed by atoms with Crippen LogP contribution < -0.4 is 16.0 Å². The normalized spacial score (nSPS) is 14.4. The van der Waals surface area contributed by atoms with E-state index in [-0.39, 0.29) is 30.3 Å². The number of aryl methyl sites for hydroxylation is 1. The third-order valence-electron chi connectivity index (χ3n) is 9.51. The largest absolute Gasteiger partial charge is 0.453 e. The summed E-state index contributed by atoms with van der Waals surface area (Å²) in [5.41, 5.74) is 5.31. The summed E-state index contributed by atoms with van der Waals surface area (Å²) in [6, 6.07) is 13.0. The van der Waals surface area contributed by atoms with E-state index in [0.717, 1.165) is 90.0 Å². The minimum atomic E-state index is -0.658. The topological polar surface area (TPSA) is 183 Å². The molecular formula is C39H48N8O6. The van der Waals surface area contributed by atoms with Crippen LogP contribution in [0.15, 0.2) is 48.7 Å². The number of nitrogens with one attached hydrogen (secondary N) is 5. The van der Waals surface area contributed by atoms with Crippen LogP contribution >= 0.6 is 0 Å². The van der Waals surface area contributed by atoms with Gasteiger partial charge in [0.05, 0.1) is 49.7 Å². The number of methoxy groups -OCH3 is 2. The summed E-state index contributed by atoms with van der Waals surface area (Å²) in [7, 11) is 2.55. The number of unbranched alkanes of at least 4 members (excludes halogenated alkanes) is 1. The minimum absolute atomic E-state index is 0.000647. The number of likely N-dealkylation sites (tertiary alicyclic amines) is 1. The number of hydrogen-bond donors (Lipinski definition) is 5. The fourth-order valence-corrected chi connectivity index (χ4v) is 6.54. The summed E-state index contributed by atoms with van der Waals surface area (Å²) in [5.74, 6) is 7.71. The molecule has 5 rings (SSSR count). The highest BCUT2D eigenvalue weighted by Crippen LogP contribution is 2.33. The van der Waals surface area contributed by atoms with E-state index in [1.807, 2.05) is 61.2 Å². The second kappa shape index (κ2) is 18.6. The first-order valence-electron chi connectivity index (χ1n) is 18.1. The molecule has 0 saturated carbocycles. The maximum Gasteiger partial charge on any atom is 0.407 e. The summed E-state index contributed by atoms with van der Waals surface area (Å²) in [6.45, 7) is 5.03. The van der Waals surface area contributed by atoms with E-state index >= 15 is 0 Å². The van der Waals surface area contributed by atoms with Crippen molar-refractivity contribution < 1.29 is 28.7 Å². The molecule has 0 radical (unpaired) electrons. The Morgan fingerprint density at radius 1 is 0.943 bits per heavy atom. The van der Waals surface area contributed by atoms with Gasteiger partial charge in [-0.05, 0) is 67.5 Å². The third kappa shape index (κ3) is 10.2. The highest BCUT2D eigenvalue weighted by Gasteiger charge is 2.38. The first kappa shape index (κ1) is 38.4. The summed E-state index contributed by atoms with van der Waals surface area (Å²) in [4.78, 5) is 66.7. The van der Waals surface area contributed by atoms with E-state index in [1.54, 1.807) is 6.20 Å². The number of nitrogens with zero attached hydrogens (tertiary/aromatic N) is 3. The fourth-order valence-electron chi connectivity index (χ4n) is 6.54. The molecule has 14 nitrogen and oxygen atoms in total. The van der Waals surface area contributed by atoms with Gasteiger partial charge in [-0.25, -0.2) is 19.6 Å². The number of carbonyl (C=O) groups excluding carboxylic acids is 4. The summed E-state index contributed by atoms with van der Waals surface area (Å²) in [5, 5.41) is 7.90. The predicted octanol–water partition coefficient (Wildman–Crippen LogP) is 4.97. The molecule has 4 aromatic rings. The van der Waals surface area contributed by atoms with Gasteiger partial charge in [0.2, 0.25) is 11.8 Å². The van der Waals surface area contributed by atoms with Crippen LogP contribution in [0.5, 0.6) is 0 Å². The van der Waals surface area contributed by atoms with Crippen molar-refractivity contribution in [3.8, 4) is 23.1 Å². The summed E-state index contributed by atoms with van der Waals surface area (Å²) < 4.78 is 9.27. The van der Waals surface area contributed by atoms with Crippen molar-refractivity contribution in [3.63, 3.8) is 0 Å². The lowest BCUT2D eigenvalue weighted by Crippen LogP contribution is -2.52. The van der Waals surface area contributed by atoms with Gasteiger partial charge >= 0.3 is 12.2 Å². The van der Waals surface area contributed by atoms with Gasteiger partial charge in [0.1, 0.15) is 17.7 Å². The van der Waals surface area contributed by atoms with Crippen molar-refractivity contribution in [2.75, 3.05) is 33.9 Å². The zero-order valence-corrected chi connectivity index (χ0v) is 30.7. The Morgan fingerprint density at radius 2 is 1.68 bits per heavy atom. The van der Waals surface area contributed by atoms with Crippen molar-refractivity contribution in [2.24, 2.45) is 5.92 Å². The zero-order chi connectivity index (χ0) is 37.7. The Bertz CT molecular complexity index is 1940. The molecule has 4 amide bonds. The average molecular weight is 725 g/mol. The molecule has 0 spiro atoms. The van der Waals surface area contributed by atoms with Gasteiger partial charge in [-0.1, -0.05) is 50.7 Å². The standard InChI is InChI=1S/C39H48N8O6/c1-5-27(6-2)35(46-39(51)53-4)37(49)47-21-9-10-32(47)36-41-23-31(45-36)28-17-14-25(15-18-28)12-13-26-16-19-29-30(22-26)44-33(43-29)11-7-8-20-40-34(48)24-42-38(50)52-3/h14-19,22-23,27,32,35H,5-11,20-21,24H2,1-4H3,(H,40,48)(H,41,45)(H,42,50)(H,43,44)(H,46,51). The Labute approximate surface area is 309 Å². The highest BCUT2D eigenvalue weighted by atomic mass is 16.5. The van der Waals surface area contributed by atoms with Crippen LogP contribution in [0.2, 0.25) is 0 Å². The van der Waals surface area contributed by atoms with E-state index in [0.29, 0.717) is 13.1 Å². The molecule has 0 aliphatic carbocycles. The second-order valence-corrected chi connectivity index (χ2v) is 13.0. The molecular weight excluding hydrogens is 676 g/mol. The SMILES string of the molecule is CCC(CC)C(NC(=O)OC)C(=O)N1CCCC1c1ncc(-c2ccc(C#Cc3ccc4nc(CCCCNC(=O)CNC(=O)OC)[nH]c4c3)cc2)[nH]1. The van der Waals surface area contributed by atoms with Crippen molar-refractivity contribution in [1.82, 2.24) is 40.8 Å². The maximum absolute atomic E-state index is 13.8.